The molecule has 0 aliphatic rings. The number of carboxylic acids is 1. The van der Waals surface area contributed by atoms with Crippen LogP contribution >= 0.6 is 0 Å². The maximum atomic E-state index is 13.2. The number of carbonyl (C=O) groups is 1. The van der Waals surface area contributed by atoms with Crippen molar-refractivity contribution >= 4 is 5.97 Å². The van der Waals surface area contributed by atoms with E-state index in [0.717, 1.165) is 6.07 Å². The predicted octanol–water partition coefficient (Wildman–Crippen LogP) is 2.59. The summed E-state index contributed by atoms with van der Waals surface area (Å²) in [6.07, 6.45) is 0.0379. The molecule has 6 heteroatoms. The van der Waals surface area contributed by atoms with Gasteiger partial charge in [-0.25, -0.2) is 18.7 Å². The van der Waals surface area contributed by atoms with Gasteiger partial charge in [0.1, 0.15) is 17.5 Å². The van der Waals surface area contributed by atoms with E-state index in [-0.39, 0.29) is 12.8 Å². The third-order valence-corrected chi connectivity index (χ3v) is 3.08. The normalized spacial score (nSPS) is 10.7. The zero-order valence-electron chi connectivity index (χ0n) is 11.7. The molecule has 1 N–H and O–H groups in total. The first-order chi connectivity index (χ1) is 9.85. The molecule has 2 rings (SSSR count). The van der Waals surface area contributed by atoms with Crippen LogP contribution in [0, 0.1) is 25.5 Å². The van der Waals surface area contributed by atoms with Gasteiger partial charge < -0.3 is 5.11 Å². The maximum Gasteiger partial charge on any atom is 0.307 e. The minimum absolute atomic E-state index is 0.146. The van der Waals surface area contributed by atoms with Crippen molar-refractivity contribution in [2.75, 3.05) is 0 Å². The fourth-order valence-electron chi connectivity index (χ4n) is 2.19. The molecule has 1 heterocycles. The lowest BCUT2D eigenvalue weighted by molar-refractivity contribution is -0.136. The summed E-state index contributed by atoms with van der Waals surface area (Å²) in [5, 5.41) is 8.84. The number of aromatic nitrogens is 2. The molecular weight excluding hydrogens is 278 g/mol. The summed E-state index contributed by atoms with van der Waals surface area (Å²) in [5.41, 5.74) is 2.13. The lowest BCUT2D eigenvalue weighted by atomic mass is 10.1. The molecule has 0 amide bonds. The Hall–Kier alpha value is -2.37. The molecule has 0 unspecified atom stereocenters. The Kier molecular flexibility index (Phi) is 4.26. The standard InChI is InChI=1S/C15H14F2N2O2/c1-8-13(7-15(20)21)9(2)19-14(18-8)5-10-3-11(16)6-12(17)4-10/h3-4,6H,5,7H2,1-2H3,(H,20,21). The van der Waals surface area contributed by atoms with Crippen molar-refractivity contribution in [3.63, 3.8) is 0 Å². The summed E-state index contributed by atoms with van der Waals surface area (Å²) in [7, 11) is 0. The van der Waals surface area contributed by atoms with Crippen LogP contribution in [0.3, 0.4) is 0 Å². The third-order valence-electron chi connectivity index (χ3n) is 3.08. The highest BCUT2D eigenvalue weighted by molar-refractivity contribution is 5.70. The molecule has 0 atom stereocenters. The average molecular weight is 292 g/mol. The number of carboxylic acid groups (broad SMARTS) is 1. The van der Waals surface area contributed by atoms with Crippen molar-refractivity contribution in [3.8, 4) is 0 Å². The molecule has 1 aromatic carbocycles. The number of halogens is 2. The van der Waals surface area contributed by atoms with Crippen molar-refractivity contribution < 1.29 is 18.7 Å². The predicted molar refractivity (Wildman–Crippen MR) is 72.0 cm³/mol. The third kappa shape index (κ3) is 3.81. The zero-order valence-corrected chi connectivity index (χ0v) is 11.7. The van der Waals surface area contributed by atoms with Crippen LogP contribution in [0.1, 0.15) is 28.3 Å². The van der Waals surface area contributed by atoms with Gasteiger partial charge in [-0.05, 0) is 31.5 Å². The van der Waals surface area contributed by atoms with E-state index in [2.05, 4.69) is 9.97 Å². The molecule has 0 saturated heterocycles. The van der Waals surface area contributed by atoms with E-state index in [9.17, 15) is 13.6 Å². The topological polar surface area (TPSA) is 63.1 Å². The Morgan fingerprint density at radius 1 is 1.10 bits per heavy atom. The van der Waals surface area contributed by atoms with Crippen LogP contribution in [0.2, 0.25) is 0 Å². The number of aliphatic carboxylic acids is 1. The summed E-state index contributed by atoms with van der Waals surface area (Å²) in [6, 6.07) is 3.25. The molecular formula is C15H14F2N2O2. The Labute approximate surface area is 120 Å². The minimum atomic E-state index is -0.954. The van der Waals surface area contributed by atoms with Gasteiger partial charge in [0.15, 0.2) is 0 Å². The van der Waals surface area contributed by atoms with Crippen molar-refractivity contribution in [2.45, 2.75) is 26.7 Å². The van der Waals surface area contributed by atoms with Gasteiger partial charge >= 0.3 is 5.97 Å². The van der Waals surface area contributed by atoms with Gasteiger partial charge in [-0.3, -0.25) is 4.79 Å². The highest BCUT2D eigenvalue weighted by atomic mass is 19.1. The largest absolute Gasteiger partial charge is 0.481 e. The van der Waals surface area contributed by atoms with Crippen LogP contribution in [0.4, 0.5) is 8.78 Å². The molecule has 1 aromatic heterocycles. The molecule has 0 spiro atoms. The van der Waals surface area contributed by atoms with Gasteiger partial charge in [0.2, 0.25) is 0 Å². The lowest BCUT2D eigenvalue weighted by Crippen LogP contribution is -2.10. The molecule has 4 nitrogen and oxygen atoms in total. The number of hydrogen-bond donors (Lipinski definition) is 1. The monoisotopic (exact) mass is 292 g/mol. The number of aryl methyl sites for hydroxylation is 2. The molecule has 110 valence electrons. The quantitative estimate of drug-likeness (QED) is 0.940. The van der Waals surface area contributed by atoms with Crippen molar-refractivity contribution in [1.29, 1.82) is 0 Å². The highest BCUT2D eigenvalue weighted by Crippen LogP contribution is 2.15. The van der Waals surface area contributed by atoms with Crippen molar-refractivity contribution in [3.05, 3.63) is 58.2 Å². The fraction of sp³-hybridized carbons (Fsp3) is 0.267. The van der Waals surface area contributed by atoms with Crippen LogP contribution in [-0.4, -0.2) is 21.0 Å². The Balaban J connectivity index is 2.31. The van der Waals surface area contributed by atoms with Crippen molar-refractivity contribution in [1.82, 2.24) is 9.97 Å². The minimum Gasteiger partial charge on any atom is -0.481 e. The number of nitrogens with zero attached hydrogens (tertiary/aromatic N) is 2. The van der Waals surface area contributed by atoms with Crippen LogP contribution in [0.15, 0.2) is 18.2 Å². The molecule has 0 saturated carbocycles. The fourth-order valence-corrected chi connectivity index (χ4v) is 2.19. The number of benzene rings is 1. The highest BCUT2D eigenvalue weighted by Gasteiger charge is 2.12. The summed E-state index contributed by atoms with van der Waals surface area (Å²) >= 11 is 0. The van der Waals surface area contributed by atoms with Gasteiger partial charge in [0, 0.05) is 29.4 Å². The zero-order chi connectivity index (χ0) is 15.6. The van der Waals surface area contributed by atoms with Gasteiger partial charge in [0.05, 0.1) is 6.42 Å². The molecule has 0 aliphatic carbocycles. The SMILES string of the molecule is Cc1nc(Cc2cc(F)cc(F)c2)nc(C)c1CC(=O)O. The first kappa shape index (κ1) is 15.0. The van der Waals surface area contributed by atoms with Crippen LogP contribution in [-0.2, 0) is 17.6 Å². The Morgan fingerprint density at radius 3 is 2.10 bits per heavy atom. The number of rotatable bonds is 4. The van der Waals surface area contributed by atoms with Crippen LogP contribution < -0.4 is 0 Å². The average Bonchev–Trinajstić information content (AvgIpc) is 2.32. The van der Waals surface area contributed by atoms with Crippen LogP contribution in [0.5, 0.6) is 0 Å². The first-order valence-electron chi connectivity index (χ1n) is 6.35. The Bertz CT molecular complexity index is 659. The second kappa shape index (κ2) is 5.95. The molecule has 2 aromatic rings. The second-order valence-corrected chi connectivity index (χ2v) is 4.81. The van der Waals surface area contributed by atoms with E-state index in [0.29, 0.717) is 28.3 Å². The van der Waals surface area contributed by atoms with E-state index in [4.69, 9.17) is 5.11 Å². The summed E-state index contributed by atoms with van der Waals surface area (Å²) in [4.78, 5) is 19.2. The summed E-state index contributed by atoms with van der Waals surface area (Å²) in [5.74, 6) is -1.85. The molecule has 0 aliphatic heterocycles. The number of hydrogen-bond acceptors (Lipinski definition) is 3. The first-order valence-corrected chi connectivity index (χ1v) is 6.35. The smallest absolute Gasteiger partial charge is 0.307 e. The van der Waals surface area contributed by atoms with Gasteiger partial charge in [-0.15, -0.1) is 0 Å². The second-order valence-electron chi connectivity index (χ2n) is 4.81. The van der Waals surface area contributed by atoms with Crippen LogP contribution in [0.25, 0.3) is 0 Å². The van der Waals surface area contributed by atoms with E-state index in [1.54, 1.807) is 13.8 Å². The summed E-state index contributed by atoms with van der Waals surface area (Å²) < 4.78 is 26.3. The van der Waals surface area contributed by atoms with E-state index >= 15 is 0 Å². The van der Waals surface area contributed by atoms with Gasteiger partial charge in [-0.1, -0.05) is 0 Å². The lowest BCUT2D eigenvalue weighted by Gasteiger charge is -2.09. The molecule has 0 radical (unpaired) electrons. The molecule has 21 heavy (non-hydrogen) atoms. The molecule has 0 fully saturated rings. The summed E-state index contributed by atoms with van der Waals surface area (Å²) in [6.45, 7) is 3.39. The van der Waals surface area contributed by atoms with E-state index in [1.807, 2.05) is 0 Å². The van der Waals surface area contributed by atoms with E-state index in [1.165, 1.54) is 12.1 Å². The van der Waals surface area contributed by atoms with Gasteiger partial charge in [0.25, 0.3) is 0 Å². The van der Waals surface area contributed by atoms with E-state index < -0.39 is 17.6 Å². The van der Waals surface area contributed by atoms with Crippen molar-refractivity contribution in [2.24, 2.45) is 0 Å². The Morgan fingerprint density at radius 2 is 1.62 bits per heavy atom. The maximum absolute atomic E-state index is 13.2. The van der Waals surface area contributed by atoms with Gasteiger partial charge in [-0.2, -0.15) is 0 Å². The molecule has 0 bridgehead atoms.